The summed E-state index contributed by atoms with van der Waals surface area (Å²) in [6.45, 7) is 0.328. The molecule has 13 heavy (non-hydrogen) atoms. The zero-order valence-electron chi connectivity index (χ0n) is 7.87. The summed E-state index contributed by atoms with van der Waals surface area (Å²) in [5.41, 5.74) is 1.40. The minimum absolute atomic E-state index is 0. The van der Waals surface area contributed by atoms with Crippen LogP contribution >= 0.6 is 0 Å². The summed E-state index contributed by atoms with van der Waals surface area (Å²) in [6.07, 6.45) is 4.39. The SMILES string of the molecule is OCCCCCc1ccccc1.[Zr]. The molecule has 1 aromatic rings. The van der Waals surface area contributed by atoms with Gasteiger partial charge >= 0.3 is 0 Å². The number of aliphatic hydroxyl groups is 1. The number of benzene rings is 1. The summed E-state index contributed by atoms with van der Waals surface area (Å²) in [7, 11) is 0. The first-order valence-electron chi connectivity index (χ1n) is 4.58. The van der Waals surface area contributed by atoms with E-state index < -0.39 is 0 Å². The monoisotopic (exact) mass is 254 g/mol. The van der Waals surface area contributed by atoms with Crippen molar-refractivity contribution in [1.29, 1.82) is 0 Å². The minimum atomic E-state index is 0. The molecule has 2 heteroatoms. The molecule has 0 saturated carbocycles. The van der Waals surface area contributed by atoms with E-state index in [-0.39, 0.29) is 26.2 Å². The Bertz CT molecular complexity index is 199. The van der Waals surface area contributed by atoms with E-state index in [4.69, 9.17) is 5.11 Å². The number of aliphatic hydroxyl groups excluding tert-OH is 1. The van der Waals surface area contributed by atoms with Crippen LogP contribution in [0.3, 0.4) is 0 Å². The Morgan fingerprint density at radius 2 is 1.62 bits per heavy atom. The van der Waals surface area contributed by atoms with Gasteiger partial charge < -0.3 is 5.11 Å². The first kappa shape index (κ1) is 13.1. The van der Waals surface area contributed by atoms with Crippen molar-refractivity contribution in [1.82, 2.24) is 0 Å². The average Bonchev–Trinajstić information content (AvgIpc) is 2.14. The number of aryl methyl sites for hydroxylation is 1. The van der Waals surface area contributed by atoms with Gasteiger partial charge in [-0.25, -0.2) is 0 Å². The summed E-state index contributed by atoms with van der Waals surface area (Å²) >= 11 is 0. The Hall–Kier alpha value is 0.0631. The van der Waals surface area contributed by atoms with Crippen molar-refractivity contribution in [3.05, 3.63) is 35.9 Å². The van der Waals surface area contributed by atoms with Crippen molar-refractivity contribution in [2.75, 3.05) is 6.61 Å². The third-order valence-electron chi connectivity index (χ3n) is 1.97. The second-order valence-electron chi connectivity index (χ2n) is 3.02. The van der Waals surface area contributed by atoms with Gasteiger partial charge in [0.05, 0.1) is 0 Å². The molecule has 1 nitrogen and oxygen atoms in total. The molecule has 0 aromatic heterocycles. The quantitative estimate of drug-likeness (QED) is 0.801. The maximum Gasteiger partial charge on any atom is 0.0431 e. The second kappa shape index (κ2) is 8.65. The zero-order chi connectivity index (χ0) is 8.65. The van der Waals surface area contributed by atoms with Crippen molar-refractivity contribution >= 4 is 0 Å². The molecule has 0 heterocycles. The molecule has 0 unspecified atom stereocenters. The minimum Gasteiger partial charge on any atom is -0.396 e. The second-order valence-corrected chi connectivity index (χ2v) is 3.02. The van der Waals surface area contributed by atoms with E-state index in [2.05, 4.69) is 24.3 Å². The molecule has 0 aliphatic rings. The fraction of sp³-hybridized carbons (Fsp3) is 0.455. The first-order chi connectivity index (χ1) is 5.93. The van der Waals surface area contributed by atoms with E-state index in [0.717, 1.165) is 19.3 Å². The molecule has 0 fully saturated rings. The Labute approximate surface area is 99.3 Å². The molecule has 0 aliphatic heterocycles. The fourth-order valence-corrected chi connectivity index (χ4v) is 1.26. The molecular formula is C11H16OZr. The number of unbranched alkanes of at least 4 members (excludes halogenated alkanes) is 2. The molecule has 0 saturated heterocycles. The van der Waals surface area contributed by atoms with E-state index in [9.17, 15) is 0 Å². The van der Waals surface area contributed by atoms with Crippen LogP contribution in [0.25, 0.3) is 0 Å². The maximum absolute atomic E-state index is 8.56. The van der Waals surface area contributed by atoms with Gasteiger partial charge in [0.25, 0.3) is 0 Å². The standard InChI is InChI=1S/C11H16O.Zr/c12-10-6-2-5-9-11-7-3-1-4-8-11;/h1,3-4,7-8,12H,2,5-6,9-10H2;. The van der Waals surface area contributed by atoms with Gasteiger partial charge in [-0.15, -0.1) is 0 Å². The third kappa shape index (κ3) is 6.18. The number of rotatable bonds is 5. The smallest absolute Gasteiger partial charge is 0.0431 e. The molecule has 0 atom stereocenters. The van der Waals surface area contributed by atoms with E-state index in [0.29, 0.717) is 6.61 Å². The molecule has 0 amide bonds. The van der Waals surface area contributed by atoms with Gasteiger partial charge in [0, 0.05) is 32.8 Å². The zero-order valence-corrected chi connectivity index (χ0v) is 10.3. The fourth-order valence-electron chi connectivity index (χ4n) is 1.26. The Kier molecular flexibility index (Phi) is 8.69. The predicted molar refractivity (Wildman–Crippen MR) is 51.1 cm³/mol. The van der Waals surface area contributed by atoms with Crippen molar-refractivity contribution in [2.45, 2.75) is 25.7 Å². The third-order valence-corrected chi connectivity index (χ3v) is 1.97. The molecule has 0 radical (unpaired) electrons. The average molecular weight is 255 g/mol. The largest absolute Gasteiger partial charge is 0.396 e. The van der Waals surface area contributed by atoms with Gasteiger partial charge in [0.1, 0.15) is 0 Å². The molecule has 1 rings (SSSR count). The van der Waals surface area contributed by atoms with E-state index in [1.54, 1.807) is 0 Å². The van der Waals surface area contributed by atoms with Crippen LogP contribution in [0.2, 0.25) is 0 Å². The number of hydrogen-bond acceptors (Lipinski definition) is 1. The van der Waals surface area contributed by atoms with Gasteiger partial charge in [0.2, 0.25) is 0 Å². The summed E-state index contributed by atoms with van der Waals surface area (Å²) in [6, 6.07) is 10.5. The van der Waals surface area contributed by atoms with Gasteiger partial charge in [-0.1, -0.05) is 36.8 Å². The van der Waals surface area contributed by atoms with Crippen LogP contribution in [0.15, 0.2) is 30.3 Å². The maximum atomic E-state index is 8.56. The van der Waals surface area contributed by atoms with Crippen LogP contribution in [0.4, 0.5) is 0 Å². The molecule has 0 bridgehead atoms. The molecule has 0 aliphatic carbocycles. The van der Waals surface area contributed by atoms with E-state index in [1.807, 2.05) is 6.07 Å². The van der Waals surface area contributed by atoms with Crippen LogP contribution < -0.4 is 0 Å². The van der Waals surface area contributed by atoms with Crippen LogP contribution in [0, 0.1) is 0 Å². The van der Waals surface area contributed by atoms with E-state index in [1.165, 1.54) is 12.0 Å². The Morgan fingerprint density at radius 1 is 0.923 bits per heavy atom. The van der Waals surface area contributed by atoms with Crippen LogP contribution in [-0.2, 0) is 32.6 Å². The summed E-state index contributed by atoms with van der Waals surface area (Å²) in [4.78, 5) is 0. The van der Waals surface area contributed by atoms with Crippen molar-refractivity contribution in [2.24, 2.45) is 0 Å². The summed E-state index contributed by atoms with van der Waals surface area (Å²) < 4.78 is 0. The molecule has 0 spiro atoms. The van der Waals surface area contributed by atoms with Gasteiger partial charge in [-0.05, 0) is 24.8 Å². The molecule has 1 N–H and O–H groups in total. The summed E-state index contributed by atoms with van der Waals surface area (Å²) in [5, 5.41) is 8.56. The first-order valence-corrected chi connectivity index (χ1v) is 4.58. The topological polar surface area (TPSA) is 20.2 Å². The predicted octanol–water partition coefficient (Wildman–Crippen LogP) is 2.39. The van der Waals surface area contributed by atoms with Gasteiger partial charge in [-0.3, -0.25) is 0 Å². The molecule has 1 aromatic carbocycles. The summed E-state index contributed by atoms with van der Waals surface area (Å²) in [5.74, 6) is 0. The number of hydrogen-bond donors (Lipinski definition) is 1. The van der Waals surface area contributed by atoms with Crippen LogP contribution in [0.5, 0.6) is 0 Å². The Morgan fingerprint density at radius 3 is 2.23 bits per heavy atom. The van der Waals surface area contributed by atoms with Crippen LogP contribution in [0.1, 0.15) is 24.8 Å². The van der Waals surface area contributed by atoms with Gasteiger partial charge in [0.15, 0.2) is 0 Å². The van der Waals surface area contributed by atoms with Crippen LogP contribution in [-0.4, -0.2) is 11.7 Å². The van der Waals surface area contributed by atoms with Crippen molar-refractivity contribution in [3.63, 3.8) is 0 Å². The van der Waals surface area contributed by atoms with Crippen molar-refractivity contribution < 1.29 is 31.3 Å². The molecular weight excluding hydrogens is 239 g/mol. The molecule has 70 valence electrons. The Balaban J connectivity index is 0.00000144. The normalized spacial score (nSPS) is 9.31. The van der Waals surface area contributed by atoms with Gasteiger partial charge in [-0.2, -0.15) is 0 Å². The van der Waals surface area contributed by atoms with E-state index >= 15 is 0 Å². The van der Waals surface area contributed by atoms with Crippen molar-refractivity contribution in [3.8, 4) is 0 Å².